The van der Waals surface area contributed by atoms with Crippen molar-refractivity contribution in [1.29, 1.82) is 0 Å². The van der Waals surface area contributed by atoms with Gasteiger partial charge in [-0.3, -0.25) is 5.10 Å². The topological polar surface area (TPSA) is 82.3 Å². The lowest BCUT2D eigenvalue weighted by Gasteiger charge is -2.20. The van der Waals surface area contributed by atoms with Crippen molar-refractivity contribution in [2.45, 2.75) is 38.8 Å². The third kappa shape index (κ3) is 1.95. The summed E-state index contributed by atoms with van der Waals surface area (Å²) in [6, 6.07) is 0.174. The van der Waals surface area contributed by atoms with E-state index in [1.165, 1.54) is 5.69 Å². The van der Waals surface area contributed by atoms with Crippen LogP contribution < -0.4 is 5.32 Å². The number of rotatable bonds is 3. The fourth-order valence-corrected chi connectivity index (χ4v) is 2.17. The SMILES string of the molecule is CCCc1nc(C2Cc3nc[nH]c3CN2)n[nH]1. The zero-order chi connectivity index (χ0) is 11.7. The first-order valence-electron chi connectivity index (χ1n) is 6.02. The summed E-state index contributed by atoms with van der Waals surface area (Å²) in [6.07, 6.45) is 4.63. The summed E-state index contributed by atoms with van der Waals surface area (Å²) in [4.78, 5) is 12.0. The first-order valence-corrected chi connectivity index (χ1v) is 6.02. The molecule has 1 aliphatic rings. The number of aryl methyl sites for hydroxylation is 1. The lowest BCUT2D eigenvalue weighted by Crippen LogP contribution is -2.29. The second-order valence-electron chi connectivity index (χ2n) is 4.36. The van der Waals surface area contributed by atoms with E-state index in [2.05, 4.69) is 37.4 Å². The van der Waals surface area contributed by atoms with Gasteiger partial charge in [0.15, 0.2) is 5.82 Å². The van der Waals surface area contributed by atoms with Crippen LogP contribution in [0.3, 0.4) is 0 Å². The smallest absolute Gasteiger partial charge is 0.167 e. The fraction of sp³-hybridized carbons (Fsp3) is 0.545. The lowest BCUT2D eigenvalue weighted by molar-refractivity contribution is 0.469. The van der Waals surface area contributed by atoms with E-state index in [1.807, 2.05) is 0 Å². The Morgan fingerprint density at radius 2 is 2.41 bits per heavy atom. The summed E-state index contributed by atoms with van der Waals surface area (Å²) in [7, 11) is 0. The van der Waals surface area contributed by atoms with E-state index in [4.69, 9.17) is 0 Å². The van der Waals surface area contributed by atoms with Crippen LogP contribution in [0.25, 0.3) is 0 Å². The quantitative estimate of drug-likeness (QED) is 0.733. The molecule has 3 rings (SSSR count). The van der Waals surface area contributed by atoms with E-state index in [0.717, 1.165) is 43.1 Å². The van der Waals surface area contributed by atoms with Gasteiger partial charge in [0.05, 0.1) is 23.8 Å². The van der Waals surface area contributed by atoms with E-state index in [0.29, 0.717) is 0 Å². The predicted molar refractivity (Wildman–Crippen MR) is 62.3 cm³/mol. The Hall–Kier alpha value is -1.69. The van der Waals surface area contributed by atoms with E-state index in [-0.39, 0.29) is 6.04 Å². The first-order chi connectivity index (χ1) is 8.36. The Balaban J connectivity index is 1.77. The number of nitrogens with one attached hydrogen (secondary N) is 3. The molecule has 2 aromatic rings. The van der Waals surface area contributed by atoms with Gasteiger partial charge in [0.2, 0.25) is 0 Å². The van der Waals surface area contributed by atoms with Gasteiger partial charge >= 0.3 is 0 Å². The largest absolute Gasteiger partial charge is 0.347 e. The molecule has 0 radical (unpaired) electrons. The van der Waals surface area contributed by atoms with Crippen molar-refractivity contribution in [1.82, 2.24) is 30.5 Å². The summed E-state index contributed by atoms with van der Waals surface area (Å²) >= 11 is 0. The third-order valence-corrected chi connectivity index (χ3v) is 3.08. The van der Waals surface area contributed by atoms with Crippen LogP contribution in [-0.2, 0) is 19.4 Å². The molecule has 0 aromatic carbocycles. The standard InChI is InChI=1S/C11H16N6/c1-2-3-10-15-11(17-16-10)8-4-7-9(5-12-8)14-6-13-7/h6,8,12H,2-5H2,1H3,(H,13,14)(H,15,16,17). The molecule has 3 N–H and O–H groups in total. The van der Waals surface area contributed by atoms with Gasteiger partial charge in [-0.1, -0.05) is 6.92 Å². The van der Waals surface area contributed by atoms with E-state index in [1.54, 1.807) is 6.33 Å². The van der Waals surface area contributed by atoms with Gasteiger partial charge in [-0.2, -0.15) is 5.10 Å². The molecule has 0 amide bonds. The van der Waals surface area contributed by atoms with Crippen molar-refractivity contribution in [2.24, 2.45) is 0 Å². The molecule has 0 saturated carbocycles. The van der Waals surface area contributed by atoms with E-state index >= 15 is 0 Å². The number of hydrogen-bond donors (Lipinski definition) is 3. The fourth-order valence-electron chi connectivity index (χ4n) is 2.17. The van der Waals surface area contributed by atoms with Gasteiger partial charge in [0.1, 0.15) is 5.82 Å². The lowest BCUT2D eigenvalue weighted by atomic mass is 10.1. The molecule has 6 heteroatoms. The summed E-state index contributed by atoms with van der Waals surface area (Å²) in [5, 5.41) is 10.7. The number of H-pyrrole nitrogens is 2. The Morgan fingerprint density at radius 1 is 1.47 bits per heavy atom. The van der Waals surface area contributed by atoms with Crippen molar-refractivity contribution in [3.8, 4) is 0 Å². The molecule has 2 aromatic heterocycles. The molecule has 0 aliphatic carbocycles. The Kier molecular flexibility index (Phi) is 2.64. The number of aromatic amines is 2. The Morgan fingerprint density at radius 3 is 3.29 bits per heavy atom. The number of imidazole rings is 1. The second-order valence-corrected chi connectivity index (χ2v) is 4.36. The average Bonchev–Trinajstić information content (AvgIpc) is 2.96. The van der Waals surface area contributed by atoms with Gasteiger partial charge in [-0.05, 0) is 6.42 Å². The zero-order valence-corrected chi connectivity index (χ0v) is 9.82. The van der Waals surface area contributed by atoms with Gasteiger partial charge in [0, 0.05) is 19.4 Å². The maximum absolute atomic E-state index is 4.51. The Bertz CT molecular complexity index is 500. The highest BCUT2D eigenvalue weighted by Crippen LogP contribution is 2.21. The van der Waals surface area contributed by atoms with Crippen molar-refractivity contribution < 1.29 is 0 Å². The monoisotopic (exact) mass is 232 g/mol. The zero-order valence-electron chi connectivity index (χ0n) is 9.82. The van der Waals surface area contributed by atoms with Gasteiger partial charge < -0.3 is 10.3 Å². The molecular formula is C11H16N6. The van der Waals surface area contributed by atoms with Crippen molar-refractivity contribution in [3.05, 3.63) is 29.4 Å². The minimum absolute atomic E-state index is 0.174. The molecular weight excluding hydrogens is 216 g/mol. The molecule has 0 saturated heterocycles. The van der Waals surface area contributed by atoms with Gasteiger partial charge in [-0.15, -0.1) is 0 Å². The summed E-state index contributed by atoms with van der Waals surface area (Å²) in [6.45, 7) is 2.94. The summed E-state index contributed by atoms with van der Waals surface area (Å²) in [5.41, 5.74) is 2.29. The molecule has 0 bridgehead atoms. The highest BCUT2D eigenvalue weighted by atomic mass is 15.2. The van der Waals surface area contributed by atoms with Crippen molar-refractivity contribution in [2.75, 3.05) is 0 Å². The molecule has 0 spiro atoms. The molecule has 6 nitrogen and oxygen atoms in total. The molecule has 1 atom stereocenters. The number of fused-ring (bicyclic) bond motifs is 1. The summed E-state index contributed by atoms with van der Waals surface area (Å²) < 4.78 is 0. The van der Waals surface area contributed by atoms with Crippen LogP contribution in [0.1, 0.15) is 42.4 Å². The second kappa shape index (κ2) is 4.29. The number of hydrogen-bond acceptors (Lipinski definition) is 4. The highest BCUT2D eigenvalue weighted by molar-refractivity contribution is 5.18. The van der Waals surface area contributed by atoms with Crippen LogP contribution in [0.4, 0.5) is 0 Å². The first kappa shape index (κ1) is 10.5. The molecule has 3 heterocycles. The van der Waals surface area contributed by atoms with Crippen LogP contribution in [0.2, 0.25) is 0 Å². The van der Waals surface area contributed by atoms with Crippen LogP contribution in [0.5, 0.6) is 0 Å². The number of nitrogens with zero attached hydrogens (tertiary/aromatic N) is 3. The molecule has 0 fully saturated rings. The van der Waals surface area contributed by atoms with Gasteiger partial charge in [0.25, 0.3) is 0 Å². The highest BCUT2D eigenvalue weighted by Gasteiger charge is 2.24. The number of aromatic nitrogens is 5. The maximum atomic E-state index is 4.51. The minimum Gasteiger partial charge on any atom is -0.347 e. The van der Waals surface area contributed by atoms with Crippen molar-refractivity contribution >= 4 is 0 Å². The van der Waals surface area contributed by atoms with Crippen LogP contribution in [0, 0.1) is 0 Å². The van der Waals surface area contributed by atoms with Crippen LogP contribution >= 0.6 is 0 Å². The summed E-state index contributed by atoms with van der Waals surface area (Å²) in [5.74, 6) is 1.82. The average molecular weight is 232 g/mol. The predicted octanol–water partition coefficient (Wildman–Crippen LogP) is 0.867. The van der Waals surface area contributed by atoms with Gasteiger partial charge in [-0.25, -0.2) is 9.97 Å². The molecule has 1 unspecified atom stereocenters. The third-order valence-electron chi connectivity index (χ3n) is 3.08. The Labute approximate surface area is 99.3 Å². The van der Waals surface area contributed by atoms with Crippen molar-refractivity contribution in [3.63, 3.8) is 0 Å². The van der Waals surface area contributed by atoms with Crippen LogP contribution in [-0.4, -0.2) is 25.1 Å². The molecule has 1 aliphatic heterocycles. The van der Waals surface area contributed by atoms with E-state index in [9.17, 15) is 0 Å². The van der Waals surface area contributed by atoms with E-state index < -0.39 is 0 Å². The molecule has 17 heavy (non-hydrogen) atoms. The molecule has 90 valence electrons. The minimum atomic E-state index is 0.174. The normalized spacial score (nSPS) is 19.2. The maximum Gasteiger partial charge on any atom is 0.167 e. The van der Waals surface area contributed by atoms with Crippen LogP contribution in [0.15, 0.2) is 6.33 Å².